The molecule has 0 spiro atoms. The molecule has 0 saturated carbocycles. The van der Waals surface area contributed by atoms with E-state index in [4.69, 9.17) is 14.2 Å². The number of carbonyl (C=O) groups excluding carboxylic acids is 1. The molecule has 25 heavy (non-hydrogen) atoms. The summed E-state index contributed by atoms with van der Waals surface area (Å²) in [6.45, 7) is -1.31. The summed E-state index contributed by atoms with van der Waals surface area (Å²) in [5, 5.41) is 2.51. The van der Waals surface area contributed by atoms with Gasteiger partial charge in [0, 0.05) is 6.07 Å². The largest absolute Gasteiger partial charge is 0.481 e. The van der Waals surface area contributed by atoms with E-state index >= 15 is 0 Å². The smallest absolute Gasteiger partial charge is 0.387 e. The molecular weight excluding hydrogens is 336 g/mol. The molecule has 132 valence electrons. The Morgan fingerprint density at radius 2 is 1.88 bits per heavy atom. The molecule has 2 aromatic rings. The topological polar surface area (TPSA) is 66.0 Å². The van der Waals surface area contributed by atoms with Gasteiger partial charge in [0.2, 0.25) is 6.79 Å². The summed E-state index contributed by atoms with van der Waals surface area (Å²) in [5.41, 5.74) is 0.133. The molecule has 2 aromatic carbocycles. The summed E-state index contributed by atoms with van der Waals surface area (Å²) in [7, 11) is 0. The van der Waals surface area contributed by atoms with Crippen LogP contribution in [-0.4, -0.2) is 25.4 Å². The van der Waals surface area contributed by atoms with Crippen LogP contribution in [0.5, 0.6) is 23.0 Å². The van der Waals surface area contributed by atoms with Gasteiger partial charge in [-0.1, -0.05) is 12.1 Å². The molecule has 0 saturated heterocycles. The number of alkyl halides is 2. The first-order valence-electron chi connectivity index (χ1n) is 7.44. The lowest BCUT2D eigenvalue weighted by Gasteiger charge is -2.16. The second-order valence-corrected chi connectivity index (χ2v) is 5.14. The number of fused-ring (bicyclic) bond motifs is 1. The minimum Gasteiger partial charge on any atom is -0.481 e. The molecule has 0 bridgehead atoms. The summed E-state index contributed by atoms with van der Waals surface area (Å²) in [6.07, 6.45) is -0.875. The van der Waals surface area contributed by atoms with E-state index in [0.29, 0.717) is 17.2 Å². The zero-order valence-electron chi connectivity index (χ0n) is 13.2. The first kappa shape index (κ1) is 16.8. The van der Waals surface area contributed by atoms with Crippen LogP contribution in [0.3, 0.4) is 0 Å². The number of halogens is 2. The Hall–Kier alpha value is -3.03. The van der Waals surface area contributed by atoms with Crippen molar-refractivity contribution >= 4 is 11.6 Å². The fourth-order valence-corrected chi connectivity index (χ4v) is 2.21. The molecule has 0 fully saturated rings. The highest BCUT2D eigenvalue weighted by molar-refractivity contribution is 5.95. The zero-order chi connectivity index (χ0) is 17.8. The van der Waals surface area contributed by atoms with Crippen LogP contribution in [0.1, 0.15) is 6.92 Å². The van der Waals surface area contributed by atoms with Gasteiger partial charge in [0.15, 0.2) is 17.6 Å². The Kier molecular flexibility index (Phi) is 4.87. The van der Waals surface area contributed by atoms with E-state index in [-0.39, 0.29) is 18.2 Å². The van der Waals surface area contributed by atoms with E-state index in [1.54, 1.807) is 24.3 Å². The van der Waals surface area contributed by atoms with E-state index in [0.717, 1.165) is 0 Å². The highest BCUT2D eigenvalue weighted by atomic mass is 19.3. The Labute approximate surface area is 142 Å². The molecular formula is C17H15F2NO5. The summed E-state index contributed by atoms with van der Waals surface area (Å²) < 4.78 is 45.2. The number of rotatable bonds is 6. The normalized spacial score (nSPS) is 13.4. The monoisotopic (exact) mass is 351 g/mol. The first-order valence-corrected chi connectivity index (χ1v) is 7.44. The fourth-order valence-electron chi connectivity index (χ4n) is 2.21. The summed E-state index contributed by atoms with van der Waals surface area (Å²) in [5.74, 6) is 0.913. The van der Waals surface area contributed by atoms with Gasteiger partial charge in [-0.2, -0.15) is 8.78 Å². The number of benzene rings is 2. The van der Waals surface area contributed by atoms with Crippen LogP contribution in [0.15, 0.2) is 42.5 Å². The van der Waals surface area contributed by atoms with Gasteiger partial charge in [-0.25, -0.2) is 0 Å². The molecule has 1 N–H and O–H groups in total. The van der Waals surface area contributed by atoms with Gasteiger partial charge in [-0.3, -0.25) is 4.79 Å². The van der Waals surface area contributed by atoms with E-state index in [1.165, 1.54) is 25.1 Å². The molecule has 1 aliphatic rings. The van der Waals surface area contributed by atoms with Crippen molar-refractivity contribution in [3.63, 3.8) is 0 Å². The molecule has 0 aromatic heterocycles. The number of para-hydroxylation sites is 2. The maximum atomic E-state index is 12.4. The van der Waals surface area contributed by atoms with Crippen molar-refractivity contribution < 1.29 is 32.5 Å². The van der Waals surface area contributed by atoms with E-state index in [9.17, 15) is 13.6 Å². The van der Waals surface area contributed by atoms with Crippen LogP contribution in [-0.2, 0) is 4.79 Å². The first-order chi connectivity index (χ1) is 12.0. The zero-order valence-corrected chi connectivity index (χ0v) is 13.2. The van der Waals surface area contributed by atoms with Gasteiger partial charge in [-0.15, -0.1) is 0 Å². The van der Waals surface area contributed by atoms with Gasteiger partial charge >= 0.3 is 6.61 Å². The van der Waals surface area contributed by atoms with Gasteiger partial charge in [0.25, 0.3) is 5.91 Å². The molecule has 1 heterocycles. The minimum absolute atomic E-state index is 0.124. The van der Waals surface area contributed by atoms with E-state index < -0.39 is 18.6 Å². The molecule has 3 rings (SSSR count). The van der Waals surface area contributed by atoms with Crippen LogP contribution in [0.4, 0.5) is 14.5 Å². The third-order valence-corrected chi connectivity index (χ3v) is 3.39. The molecule has 8 heteroatoms. The van der Waals surface area contributed by atoms with Crippen molar-refractivity contribution in [2.24, 2.45) is 0 Å². The average molecular weight is 351 g/mol. The van der Waals surface area contributed by atoms with Crippen LogP contribution in [0.25, 0.3) is 0 Å². The highest BCUT2D eigenvalue weighted by Gasteiger charge is 2.20. The van der Waals surface area contributed by atoms with Crippen molar-refractivity contribution in [2.45, 2.75) is 19.6 Å². The lowest BCUT2D eigenvalue weighted by Crippen LogP contribution is -2.30. The van der Waals surface area contributed by atoms with Crippen molar-refractivity contribution in [3.05, 3.63) is 42.5 Å². The molecule has 6 nitrogen and oxygen atoms in total. The fraction of sp³-hybridized carbons (Fsp3) is 0.235. The third-order valence-electron chi connectivity index (χ3n) is 3.39. The van der Waals surface area contributed by atoms with Gasteiger partial charge in [0.1, 0.15) is 11.5 Å². The lowest BCUT2D eigenvalue weighted by molar-refractivity contribution is -0.122. The Balaban J connectivity index is 1.65. The summed E-state index contributed by atoms with van der Waals surface area (Å²) in [6, 6.07) is 10.9. The minimum atomic E-state index is -2.99. The maximum absolute atomic E-state index is 12.4. The number of hydrogen-bond acceptors (Lipinski definition) is 5. The Morgan fingerprint density at radius 3 is 2.68 bits per heavy atom. The quantitative estimate of drug-likeness (QED) is 0.864. The molecule has 1 amide bonds. The van der Waals surface area contributed by atoms with E-state index in [2.05, 4.69) is 10.1 Å². The second kappa shape index (κ2) is 7.25. The van der Waals surface area contributed by atoms with Crippen LogP contribution >= 0.6 is 0 Å². The van der Waals surface area contributed by atoms with Crippen molar-refractivity contribution in [2.75, 3.05) is 12.1 Å². The van der Waals surface area contributed by atoms with Crippen molar-refractivity contribution in [1.29, 1.82) is 0 Å². The maximum Gasteiger partial charge on any atom is 0.387 e. The van der Waals surface area contributed by atoms with Crippen molar-refractivity contribution in [1.82, 2.24) is 0 Å². The lowest BCUT2D eigenvalue weighted by atomic mass is 10.2. The Morgan fingerprint density at radius 1 is 1.12 bits per heavy atom. The van der Waals surface area contributed by atoms with Crippen LogP contribution in [0.2, 0.25) is 0 Å². The molecule has 0 aliphatic carbocycles. The predicted molar refractivity (Wildman–Crippen MR) is 84.4 cm³/mol. The SMILES string of the molecule is CC(Oc1ccc2c(c1)OCO2)C(=O)Nc1ccccc1OC(F)F. The van der Waals surface area contributed by atoms with Gasteiger partial charge < -0.3 is 24.3 Å². The van der Waals surface area contributed by atoms with Gasteiger partial charge in [-0.05, 0) is 31.2 Å². The predicted octanol–water partition coefficient (Wildman–Crippen LogP) is 3.42. The number of anilines is 1. The third kappa shape index (κ3) is 4.09. The van der Waals surface area contributed by atoms with Crippen LogP contribution in [0, 0.1) is 0 Å². The molecule has 1 aliphatic heterocycles. The van der Waals surface area contributed by atoms with Crippen LogP contribution < -0.4 is 24.3 Å². The molecule has 0 radical (unpaired) electrons. The Bertz CT molecular complexity index is 768. The number of ether oxygens (including phenoxy) is 4. The highest BCUT2D eigenvalue weighted by Crippen LogP contribution is 2.35. The molecule has 1 unspecified atom stereocenters. The second-order valence-electron chi connectivity index (χ2n) is 5.14. The number of carbonyl (C=O) groups is 1. The average Bonchev–Trinajstić information content (AvgIpc) is 3.03. The number of amides is 1. The van der Waals surface area contributed by atoms with Crippen molar-refractivity contribution in [3.8, 4) is 23.0 Å². The summed E-state index contributed by atoms with van der Waals surface area (Å²) >= 11 is 0. The van der Waals surface area contributed by atoms with E-state index in [1.807, 2.05) is 0 Å². The number of hydrogen-bond donors (Lipinski definition) is 1. The van der Waals surface area contributed by atoms with Gasteiger partial charge in [0.05, 0.1) is 5.69 Å². The number of nitrogens with one attached hydrogen (secondary N) is 1. The summed E-state index contributed by atoms with van der Waals surface area (Å²) in [4.78, 5) is 12.3. The standard InChI is InChI=1S/C17H15F2NO5/c1-10(24-11-6-7-14-15(8-11)23-9-22-14)16(21)20-12-4-2-3-5-13(12)25-17(18)19/h2-8,10,17H,9H2,1H3,(H,20,21). The molecule has 1 atom stereocenters.